The van der Waals surface area contributed by atoms with E-state index in [1.807, 2.05) is 12.1 Å². The first-order chi connectivity index (χ1) is 17.0. The van der Waals surface area contributed by atoms with E-state index in [0.717, 1.165) is 75.5 Å². The second-order valence-corrected chi connectivity index (χ2v) is 10.8. The largest absolute Gasteiger partial charge is 0.492 e. The van der Waals surface area contributed by atoms with E-state index in [9.17, 15) is 4.79 Å². The Morgan fingerprint density at radius 2 is 1.77 bits per heavy atom. The van der Waals surface area contributed by atoms with Crippen molar-refractivity contribution in [3.8, 4) is 5.75 Å². The highest BCUT2D eigenvalue weighted by molar-refractivity contribution is 5.96. The smallest absolute Gasteiger partial charge is 0.254 e. The average molecular weight is 477 g/mol. The number of amides is 1. The summed E-state index contributed by atoms with van der Waals surface area (Å²) in [7, 11) is 0. The number of piperidine rings is 1. The van der Waals surface area contributed by atoms with Gasteiger partial charge in [-0.3, -0.25) is 9.69 Å². The van der Waals surface area contributed by atoms with E-state index in [-0.39, 0.29) is 5.91 Å². The maximum Gasteiger partial charge on any atom is 0.254 e. The van der Waals surface area contributed by atoms with E-state index in [2.05, 4.69) is 60.9 Å². The van der Waals surface area contributed by atoms with Crippen molar-refractivity contribution in [3.05, 3.63) is 64.7 Å². The van der Waals surface area contributed by atoms with Gasteiger partial charge in [0.15, 0.2) is 0 Å². The zero-order valence-corrected chi connectivity index (χ0v) is 22.2. The van der Waals surface area contributed by atoms with E-state index < -0.39 is 0 Å². The molecular weight excluding hydrogens is 432 g/mol. The Bertz CT molecular complexity index is 978. The number of carbonyl (C=O) groups is 1. The third kappa shape index (κ3) is 6.46. The molecule has 1 spiro atoms. The van der Waals surface area contributed by atoms with Gasteiger partial charge >= 0.3 is 0 Å². The maximum absolute atomic E-state index is 13.4. The molecule has 0 N–H and O–H groups in total. The molecule has 2 heterocycles. The number of fused-ring (bicyclic) bond motifs is 1. The summed E-state index contributed by atoms with van der Waals surface area (Å²) in [5, 5.41) is 0. The Balaban J connectivity index is 1.47. The van der Waals surface area contributed by atoms with Crippen molar-refractivity contribution < 1.29 is 9.53 Å². The molecule has 2 aromatic rings. The lowest BCUT2D eigenvalue weighted by Gasteiger charge is -2.45. The summed E-state index contributed by atoms with van der Waals surface area (Å²) in [4.78, 5) is 18.1. The third-order valence-corrected chi connectivity index (χ3v) is 8.37. The first-order valence-electron chi connectivity index (χ1n) is 13.8. The van der Waals surface area contributed by atoms with Gasteiger partial charge in [-0.25, -0.2) is 0 Å². The van der Waals surface area contributed by atoms with Gasteiger partial charge in [-0.2, -0.15) is 0 Å². The van der Waals surface area contributed by atoms with Crippen LogP contribution in [0.1, 0.15) is 78.9 Å². The molecule has 0 aliphatic carbocycles. The molecule has 0 radical (unpaired) electrons. The van der Waals surface area contributed by atoms with Crippen LogP contribution in [0.2, 0.25) is 0 Å². The summed E-state index contributed by atoms with van der Waals surface area (Å²) in [5.41, 5.74) is 4.83. The van der Waals surface area contributed by atoms with Gasteiger partial charge in [0.05, 0.1) is 0 Å². The standard InChI is InChI=1S/C31H44N2O2/c1-4-5-19-32-22-23-35-29-15-7-6-12-27(29)13-8-9-16-31(24-32)17-20-33(21-18-31)30(34)28-14-10-11-25(2)26(28)3/h6-7,10-12,14-15H,4-5,8-9,13,16-24H2,1-3H3. The number of rotatable bonds is 4. The maximum atomic E-state index is 13.4. The highest BCUT2D eigenvalue weighted by Crippen LogP contribution is 2.39. The lowest BCUT2D eigenvalue weighted by molar-refractivity contribution is 0.0374. The van der Waals surface area contributed by atoms with Crippen LogP contribution < -0.4 is 4.74 Å². The van der Waals surface area contributed by atoms with E-state index in [0.29, 0.717) is 5.41 Å². The molecule has 190 valence electrons. The molecule has 35 heavy (non-hydrogen) atoms. The van der Waals surface area contributed by atoms with Crippen molar-refractivity contribution in [1.29, 1.82) is 0 Å². The van der Waals surface area contributed by atoms with Gasteiger partial charge in [0.25, 0.3) is 5.91 Å². The van der Waals surface area contributed by atoms with Gasteiger partial charge in [0, 0.05) is 31.7 Å². The van der Waals surface area contributed by atoms with Crippen molar-refractivity contribution >= 4 is 5.91 Å². The highest BCUT2D eigenvalue weighted by atomic mass is 16.5. The monoisotopic (exact) mass is 476 g/mol. The topological polar surface area (TPSA) is 32.8 Å². The van der Waals surface area contributed by atoms with E-state index in [1.54, 1.807) is 0 Å². The first kappa shape index (κ1) is 25.8. The number of carbonyl (C=O) groups excluding carboxylic acids is 1. The van der Waals surface area contributed by atoms with Crippen molar-refractivity contribution in [2.45, 2.75) is 72.1 Å². The predicted octanol–water partition coefficient (Wildman–Crippen LogP) is 6.43. The number of unbranched alkanes of at least 4 members (excludes halogenated alkanes) is 1. The van der Waals surface area contributed by atoms with Gasteiger partial charge in [0.2, 0.25) is 0 Å². The SMILES string of the molecule is CCCCN1CCOc2ccccc2CCCCC2(CCN(C(=O)c3cccc(C)c3C)CC2)C1. The molecule has 1 fully saturated rings. The minimum Gasteiger partial charge on any atom is -0.492 e. The normalized spacial score (nSPS) is 19.3. The van der Waals surface area contributed by atoms with Gasteiger partial charge in [-0.15, -0.1) is 0 Å². The fraction of sp³-hybridized carbons (Fsp3) is 0.581. The summed E-state index contributed by atoms with van der Waals surface area (Å²) < 4.78 is 6.27. The Morgan fingerprint density at radius 1 is 0.971 bits per heavy atom. The molecular formula is C31H44N2O2. The molecule has 4 nitrogen and oxygen atoms in total. The molecule has 1 amide bonds. The fourth-order valence-corrected chi connectivity index (χ4v) is 5.90. The van der Waals surface area contributed by atoms with Crippen LogP contribution in [-0.4, -0.2) is 55.0 Å². The zero-order chi connectivity index (χ0) is 24.7. The number of ether oxygens (including phenoxy) is 1. The number of para-hydroxylation sites is 1. The summed E-state index contributed by atoms with van der Waals surface area (Å²) in [6, 6.07) is 14.7. The Hall–Kier alpha value is -2.33. The summed E-state index contributed by atoms with van der Waals surface area (Å²) in [5.74, 6) is 1.28. The molecule has 4 heteroatoms. The Labute approximate surface area is 212 Å². The fourth-order valence-electron chi connectivity index (χ4n) is 5.90. The van der Waals surface area contributed by atoms with Crippen LogP contribution in [0.5, 0.6) is 5.75 Å². The molecule has 0 unspecified atom stereocenters. The highest BCUT2D eigenvalue weighted by Gasteiger charge is 2.37. The van der Waals surface area contributed by atoms with Gasteiger partial charge in [0.1, 0.15) is 12.4 Å². The van der Waals surface area contributed by atoms with Crippen LogP contribution in [0.25, 0.3) is 0 Å². The average Bonchev–Trinajstić information content (AvgIpc) is 2.87. The molecule has 0 atom stereocenters. The molecule has 2 aromatic carbocycles. The van der Waals surface area contributed by atoms with Crippen molar-refractivity contribution in [2.24, 2.45) is 5.41 Å². The molecule has 2 aliphatic heterocycles. The Morgan fingerprint density at radius 3 is 2.57 bits per heavy atom. The van der Waals surface area contributed by atoms with Gasteiger partial charge in [-0.1, -0.05) is 50.1 Å². The van der Waals surface area contributed by atoms with Gasteiger partial charge in [-0.05, 0) is 93.2 Å². The number of nitrogens with zero attached hydrogens (tertiary/aromatic N) is 2. The summed E-state index contributed by atoms with van der Waals surface area (Å²) in [6.07, 6.45) is 9.42. The molecule has 1 saturated heterocycles. The van der Waals surface area contributed by atoms with Gasteiger partial charge < -0.3 is 9.64 Å². The first-order valence-corrected chi connectivity index (χ1v) is 13.8. The lowest BCUT2D eigenvalue weighted by Crippen LogP contribution is -2.49. The molecule has 4 rings (SSSR count). The van der Waals surface area contributed by atoms with E-state index in [1.165, 1.54) is 43.2 Å². The molecule has 0 saturated carbocycles. The second kappa shape index (κ2) is 12.1. The lowest BCUT2D eigenvalue weighted by atomic mass is 9.73. The van der Waals surface area contributed by atoms with Crippen LogP contribution in [-0.2, 0) is 6.42 Å². The third-order valence-electron chi connectivity index (χ3n) is 8.37. The van der Waals surface area contributed by atoms with E-state index in [4.69, 9.17) is 4.74 Å². The van der Waals surface area contributed by atoms with Crippen LogP contribution in [0, 0.1) is 19.3 Å². The summed E-state index contributed by atoms with van der Waals surface area (Å²) >= 11 is 0. The Kier molecular flexibility index (Phi) is 8.89. The summed E-state index contributed by atoms with van der Waals surface area (Å²) in [6.45, 7) is 12.2. The van der Waals surface area contributed by atoms with Crippen LogP contribution in [0.3, 0.4) is 0 Å². The minimum absolute atomic E-state index is 0.210. The minimum atomic E-state index is 0.210. The van der Waals surface area contributed by atoms with Crippen LogP contribution >= 0.6 is 0 Å². The van der Waals surface area contributed by atoms with Crippen molar-refractivity contribution in [3.63, 3.8) is 0 Å². The molecule has 2 aliphatic rings. The predicted molar refractivity (Wildman–Crippen MR) is 144 cm³/mol. The van der Waals surface area contributed by atoms with Crippen molar-refractivity contribution in [1.82, 2.24) is 9.80 Å². The zero-order valence-electron chi connectivity index (χ0n) is 22.2. The number of aryl methyl sites for hydroxylation is 2. The number of likely N-dealkylation sites (tertiary alicyclic amines) is 1. The quantitative estimate of drug-likeness (QED) is 0.509. The van der Waals surface area contributed by atoms with Crippen LogP contribution in [0.15, 0.2) is 42.5 Å². The number of hydrogen-bond acceptors (Lipinski definition) is 3. The number of hydrogen-bond donors (Lipinski definition) is 0. The number of benzene rings is 2. The van der Waals surface area contributed by atoms with Crippen molar-refractivity contribution in [2.75, 3.05) is 39.3 Å². The second-order valence-electron chi connectivity index (χ2n) is 10.8. The van der Waals surface area contributed by atoms with Crippen LogP contribution in [0.4, 0.5) is 0 Å². The molecule has 0 bridgehead atoms. The molecule has 0 aromatic heterocycles. The van der Waals surface area contributed by atoms with E-state index >= 15 is 0 Å².